The highest BCUT2D eigenvalue weighted by Gasteiger charge is 2.28. The zero-order valence-corrected chi connectivity index (χ0v) is 38.2. The van der Waals surface area contributed by atoms with Crippen LogP contribution in [0.15, 0.2) is 223 Å². The lowest BCUT2D eigenvalue weighted by Gasteiger charge is -2.20. The molecular weight excluding hydrogens is 897 g/mol. The monoisotopic (exact) mass is 940 g/mol. The molecule has 0 aliphatic heterocycles. The van der Waals surface area contributed by atoms with Crippen LogP contribution in [-0.2, 0) is 0 Å². The van der Waals surface area contributed by atoms with Gasteiger partial charge in [0.05, 0.1) is 84.0 Å². The number of hydrogen-bond donors (Lipinski definition) is 0. The van der Waals surface area contributed by atoms with E-state index in [2.05, 4.69) is 38.2 Å². The molecule has 0 saturated carbocycles. The number of fused-ring (bicyclic) bond motifs is 16. The van der Waals surface area contributed by atoms with Crippen molar-refractivity contribution in [2.75, 3.05) is 0 Å². The molecule has 0 aliphatic rings. The molecule has 6 aromatic heterocycles. The third-order valence-corrected chi connectivity index (χ3v) is 14.3. The van der Waals surface area contributed by atoms with E-state index in [4.69, 9.17) is 31.4 Å². The van der Waals surface area contributed by atoms with Gasteiger partial charge in [-0.15, -0.1) is 0 Å². The molecule has 9 heteroatoms. The van der Waals surface area contributed by atoms with Crippen molar-refractivity contribution in [3.8, 4) is 34.7 Å². The molecule has 16 aromatic rings. The van der Waals surface area contributed by atoms with Gasteiger partial charge in [0.1, 0.15) is 11.2 Å². The third kappa shape index (κ3) is 5.46. The maximum Gasteiger partial charge on any atom is 0.240 e. The van der Waals surface area contributed by atoms with Crippen molar-refractivity contribution in [3.63, 3.8) is 0 Å². The molecule has 16 rings (SSSR count). The number of benzene rings is 10. The van der Waals surface area contributed by atoms with E-state index >= 15 is 0 Å². The van der Waals surface area contributed by atoms with Gasteiger partial charge >= 0.3 is 0 Å². The fraction of sp³-hybridized carbons (Fsp3) is 0. The topological polar surface area (TPSA) is 75.9 Å². The molecule has 0 atom stereocenters. The fourth-order valence-electron chi connectivity index (χ4n) is 11.4. The SMILES string of the molecule is [2H]c1c([2H])c([2H])c2c(c1[2H])c1c([2H])c([2H])c([2H])c([2H])c1n2-c1nc(-c2c(-n3c4ccccc4c4cc([N+]#[C-])ccc43)cccc2-n2c3ccccc3c3ccc4oc5ccccc5c4c32)nc(-n2c3ccccc3c3ccccc32)n1. The Morgan fingerprint density at radius 2 is 0.904 bits per heavy atom. The summed E-state index contributed by atoms with van der Waals surface area (Å²) in [5, 5.41) is 7.04. The molecule has 338 valence electrons. The summed E-state index contributed by atoms with van der Waals surface area (Å²) < 4.78 is 87.9. The van der Waals surface area contributed by atoms with E-state index in [1.165, 1.54) is 4.57 Å². The fourth-order valence-corrected chi connectivity index (χ4v) is 11.4. The lowest BCUT2D eigenvalue weighted by molar-refractivity contribution is 0.669. The Bertz CT molecular complexity index is 5440. The second-order valence-electron chi connectivity index (χ2n) is 18.0. The molecule has 0 N–H and O–H groups in total. The normalized spacial score (nSPS) is 13.6. The van der Waals surface area contributed by atoms with Gasteiger partial charge in [-0.1, -0.05) is 139 Å². The van der Waals surface area contributed by atoms with Crippen molar-refractivity contribution < 1.29 is 15.4 Å². The molecule has 0 saturated heterocycles. The van der Waals surface area contributed by atoms with Crippen molar-refractivity contribution >= 4 is 115 Å². The van der Waals surface area contributed by atoms with Gasteiger partial charge in [0.2, 0.25) is 11.9 Å². The molecular formula is C64H36N8O. The van der Waals surface area contributed by atoms with Crippen LogP contribution < -0.4 is 0 Å². The minimum atomic E-state index is -0.575. The average molecular weight is 941 g/mol. The van der Waals surface area contributed by atoms with E-state index in [0.29, 0.717) is 28.2 Å². The lowest BCUT2D eigenvalue weighted by Crippen LogP contribution is -2.12. The first kappa shape index (κ1) is 32.5. The molecule has 0 fully saturated rings. The number of hydrogen-bond acceptors (Lipinski definition) is 4. The maximum absolute atomic E-state index is 9.59. The number of furan rings is 1. The summed E-state index contributed by atoms with van der Waals surface area (Å²) in [4.78, 5) is 20.2. The maximum atomic E-state index is 9.59. The van der Waals surface area contributed by atoms with Crippen LogP contribution in [0.5, 0.6) is 0 Å². The van der Waals surface area contributed by atoms with Crippen LogP contribution in [-0.4, -0.2) is 33.2 Å². The highest BCUT2D eigenvalue weighted by Crippen LogP contribution is 2.46. The van der Waals surface area contributed by atoms with E-state index in [1.807, 2.05) is 144 Å². The second kappa shape index (κ2) is 14.9. The first-order valence-corrected chi connectivity index (χ1v) is 23.7. The van der Waals surface area contributed by atoms with Crippen molar-refractivity contribution in [1.29, 1.82) is 0 Å². The Labute approximate surface area is 426 Å². The smallest absolute Gasteiger partial charge is 0.240 e. The second-order valence-corrected chi connectivity index (χ2v) is 18.0. The van der Waals surface area contributed by atoms with Gasteiger partial charge in [-0.25, -0.2) is 4.85 Å². The molecule has 0 spiro atoms. The van der Waals surface area contributed by atoms with Crippen LogP contribution in [0.1, 0.15) is 11.0 Å². The van der Waals surface area contributed by atoms with Gasteiger partial charge in [-0.2, -0.15) is 15.0 Å². The average Bonchev–Trinajstić information content (AvgIpc) is 2.71. The van der Waals surface area contributed by atoms with Crippen molar-refractivity contribution in [2.24, 2.45) is 0 Å². The Kier molecular flexibility index (Phi) is 6.61. The molecule has 0 radical (unpaired) electrons. The largest absolute Gasteiger partial charge is 0.456 e. The van der Waals surface area contributed by atoms with E-state index in [0.717, 1.165) is 81.8 Å². The van der Waals surface area contributed by atoms with Crippen molar-refractivity contribution in [2.45, 2.75) is 0 Å². The summed E-state index contributed by atoms with van der Waals surface area (Å²) in [5.74, 6) is 0.0410. The third-order valence-electron chi connectivity index (χ3n) is 14.3. The number of rotatable bonds is 5. The molecule has 0 unspecified atom stereocenters. The zero-order chi connectivity index (χ0) is 54.9. The van der Waals surface area contributed by atoms with Crippen LogP contribution in [0.2, 0.25) is 0 Å². The molecule has 0 aliphatic carbocycles. The minimum Gasteiger partial charge on any atom is -0.456 e. The Hall–Kier alpha value is -10.3. The highest BCUT2D eigenvalue weighted by molar-refractivity contribution is 6.25. The first-order chi connectivity index (χ1) is 39.5. The Morgan fingerprint density at radius 3 is 1.55 bits per heavy atom. The van der Waals surface area contributed by atoms with Gasteiger partial charge in [0.15, 0.2) is 11.5 Å². The first-order valence-electron chi connectivity index (χ1n) is 27.7. The summed E-state index contributed by atoms with van der Waals surface area (Å²) in [7, 11) is 0. The number of para-hydroxylation sites is 7. The standard InChI is InChI=1S/C64H36N8O/c1-65-38-33-35-54-47(37-38)44-22-7-9-24-48(44)69(54)55-30-16-31-56(70-49-25-10-6-21-43(49)45-34-36-58-59(61(45)70)46-23-8-15-32-57(46)73-58)60(55)62-66-63(71-50-26-11-2-17-39(50)40-18-3-12-27-51(40)71)68-64(67-62)72-52-28-13-4-19-41(52)42-20-5-14-29-53(42)72/h2-37H/i2D,3D,11D,12D,17D,18D,26D,27D. The predicted octanol–water partition coefficient (Wildman–Crippen LogP) is 16.4. The van der Waals surface area contributed by atoms with E-state index in [-0.39, 0.29) is 39.5 Å². The lowest BCUT2D eigenvalue weighted by atomic mass is 10.1. The summed E-state index contributed by atoms with van der Waals surface area (Å²) in [6, 6.07) is 51.4. The van der Waals surface area contributed by atoms with Crippen LogP contribution in [0.4, 0.5) is 5.69 Å². The predicted molar refractivity (Wildman–Crippen MR) is 296 cm³/mol. The van der Waals surface area contributed by atoms with E-state index < -0.39 is 48.3 Å². The summed E-state index contributed by atoms with van der Waals surface area (Å²) in [6.07, 6.45) is 0. The molecule has 10 aromatic carbocycles. The Balaban J connectivity index is 1.15. The molecule has 9 nitrogen and oxygen atoms in total. The summed E-state index contributed by atoms with van der Waals surface area (Å²) >= 11 is 0. The zero-order valence-electron chi connectivity index (χ0n) is 46.2. The minimum absolute atomic E-state index is 0.109. The van der Waals surface area contributed by atoms with Gasteiger partial charge in [0.25, 0.3) is 0 Å². The van der Waals surface area contributed by atoms with Gasteiger partial charge in [-0.05, 0) is 84.2 Å². The van der Waals surface area contributed by atoms with Gasteiger partial charge < -0.3 is 13.6 Å². The summed E-state index contributed by atoms with van der Waals surface area (Å²) in [5.41, 5.74) is 8.17. The number of nitrogens with zero attached hydrogens (tertiary/aromatic N) is 8. The van der Waals surface area contributed by atoms with Crippen molar-refractivity contribution in [3.05, 3.63) is 230 Å². The molecule has 6 heterocycles. The van der Waals surface area contributed by atoms with Crippen LogP contribution in [0, 0.1) is 6.57 Å². The van der Waals surface area contributed by atoms with Gasteiger partial charge in [-0.3, -0.25) is 9.13 Å². The van der Waals surface area contributed by atoms with E-state index in [1.54, 1.807) is 6.07 Å². The highest BCUT2D eigenvalue weighted by atomic mass is 16.3. The molecule has 73 heavy (non-hydrogen) atoms. The molecule has 0 amide bonds. The quantitative estimate of drug-likeness (QED) is 0.161. The van der Waals surface area contributed by atoms with Gasteiger partial charge in [0, 0.05) is 43.1 Å². The van der Waals surface area contributed by atoms with Crippen molar-refractivity contribution in [1.82, 2.24) is 33.2 Å². The van der Waals surface area contributed by atoms with E-state index in [9.17, 15) is 5.48 Å². The van der Waals surface area contributed by atoms with Crippen LogP contribution in [0.25, 0.3) is 149 Å². The number of aromatic nitrogens is 7. The Morgan fingerprint density at radius 1 is 0.397 bits per heavy atom. The van der Waals surface area contributed by atoms with Crippen LogP contribution >= 0.6 is 0 Å². The van der Waals surface area contributed by atoms with Crippen LogP contribution in [0.3, 0.4) is 0 Å². The molecule has 0 bridgehead atoms. The summed E-state index contributed by atoms with van der Waals surface area (Å²) in [6.45, 7) is 8.03.